The van der Waals surface area contributed by atoms with Gasteiger partial charge in [0.15, 0.2) is 0 Å². The van der Waals surface area contributed by atoms with E-state index in [1.54, 1.807) is 0 Å². The van der Waals surface area contributed by atoms with E-state index in [4.69, 9.17) is 4.42 Å². The van der Waals surface area contributed by atoms with Crippen molar-refractivity contribution in [1.29, 1.82) is 0 Å². The number of benzene rings is 1. The zero-order valence-electron chi connectivity index (χ0n) is 13.8. The minimum Gasteiger partial charge on any atom is -0.412 e. The van der Waals surface area contributed by atoms with Gasteiger partial charge in [-0.15, -0.1) is 5.10 Å². The van der Waals surface area contributed by atoms with Crippen molar-refractivity contribution in [2.75, 3.05) is 5.75 Å². The standard InChI is InChI=1S/C17H21N3O4S/c21-15(18-14-9-5-2-6-10-14)12-25(22,23)17-20-19-16(24-17)11-13-7-3-1-4-8-13/h1,3-4,7-8,14H,2,5-6,9-12H2,(H,18,21). The van der Waals surface area contributed by atoms with Crippen LogP contribution in [0.1, 0.15) is 43.6 Å². The first-order valence-electron chi connectivity index (χ1n) is 8.41. The number of sulfone groups is 1. The molecule has 0 aliphatic heterocycles. The van der Waals surface area contributed by atoms with Gasteiger partial charge in [-0.2, -0.15) is 0 Å². The van der Waals surface area contributed by atoms with E-state index in [9.17, 15) is 13.2 Å². The van der Waals surface area contributed by atoms with Crippen LogP contribution in [0.25, 0.3) is 0 Å². The molecule has 0 atom stereocenters. The van der Waals surface area contributed by atoms with Gasteiger partial charge in [-0.3, -0.25) is 4.79 Å². The van der Waals surface area contributed by atoms with E-state index in [-0.39, 0.29) is 11.9 Å². The van der Waals surface area contributed by atoms with Crippen LogP contribution in [0.5, 0.6) is 0 Å². The molecule has 25 heavy (non-hydrogen) atoms. The van der Waals surface area contributed by atoms with Gasteiger partial charge in [0.25, 0.3) is 0 Å². The Hall–Kier alpha value is -2.22. The molecule has 2 aromatic rings. The van der Waals surface area contributed by atoms with Crippen molar-refractivity contribution in [2.45, 2.75) is 49.8 Å². The van der Waals surface area contributed by atoms with E-state index in [0.717, 1.165) is 37.7 Å². The van der Waals surface area contributed by atoms with Crippen LogP contribution in [0.15, 0.2) is 40.0 Å². The highest BCUT2D eigenvalue weighted by atomic mass is 32.2. The number of nitrogens with one attached hydrogen (secondary N) is 1. The fourth-order valence-electron chi connectivity index (χ4n) is 2.96. The van der Waals surface area contributed by atoms with Crippen LogP contribution in [-0.2, 0) is 21.1 Å². The van der Waals surface area contributed by atoms with Crippen LogP contribution >= 0.6 is 0 Å². The van der Waals surface area contributed by atoms with Crippen LogP contribution in [0.2, 0.25) is 0 Å². The number of nitrogens with zero attached hydrogens (tertiary/aromatic N) is 2. The molecule has 1 aromatic heterocycles. The van der Waals surface area contributed by atoms with Gasteiger partial charge in [-0.25, -0.2) is 8.42 Å². The highest BCUT2D eigenvalue weighted by Crippen LogP contribution is 2.18. The Balaban J connectivity index is 1.61. The number of carbonyl (C=O) groups is 1. The molecule has 8 heteroatoms. The Morgan fingerprint density at radius 3 is 2.56 bits per heavy atom. The van der Waals surface area contributed by atoms with Gasteiger partial charge in [0.2, 0.25) is 21.6 Å². The Morgan fingerprint density at radius 2 is 1.84 bits per heavy atom. The van der Waals surface area contributed by atoms with Gasteiger partial charge < -0.3 is 9.73 Å². The molecule has 0 spiro atoms. The average Bonchev–Trinajstić information content (AvgIpc) is 3.05. The molecule has 1 N–H and O–H groups in total. The highest BCUT2D eigenvalue weighted by Gasteiger charge is 2.27. The molecule has 3 rings (SSSR count). The fraction of sp³-hybridized carbons (Fsp3) is 0.471. The molecule has 1 amide bonds. The highest BCUT2D eigenvalue weighted by molar-refractivity contribution is 7.91. The molecule has 1 saturated carbocycles. The SMILES string of the molecule is O=C(CS(=O)(=O)c1nnc(Cc2ccccc2)o1)NC1CCCCC1. The zero-order chi connectivity index (χ0) is 17.7. The Labute approximate surface area is 146 Å². The maximum Gasteiger partial charge on any atom is 0.336 e. The predicted octanol–water partition coefficient (Wildman–Crippen LogP) is 1.88. The summed E-state index contributed by atoms with van der Waals surface area (Å²) in [5.74, 6) is -0.983. The van der Waals surface area contributed by atoms with E-state index in [1.807, 2.05) is 30.3 Å². The van der Waals surface area contributed by atoms with Crippen molar-refractivity contribution < 1.29 is 17.6 Å². The van der Waals surface area contributed by atoms with E-state index in [1.165, 1.54) is 0 Å². The summed E-state index contributed by atoms with van der Waals surface area (Å²) < 4.78 is 29.8. The number of rotatable bonds is 6. The largest absolute Gasteiger partial charge is 0.412 e. The Kier molecular flexibility index (Phi) is 5.47. The molecule has 0 radical (unpaired) electrons. The van der Waals surface area contributed by atoms with Crippen LogP contribution in [-0.4, -0.2) is 36.3 Å². The van der Waals surface area contributed by atoms with Crippen molar-refractivity contribution in [3.8, 4) is 0 Å². The molecule has 1 aliphatic rings. The first-order chi connectivity index (χ1) is 12.0. The van der Waals surface area contributed by atoms with Gasteiger partial charge >= 0.3 is 5.22 Å². The van der Waals surface area contributed by atoms with Gasteiger partial charge in [0.1, 0.15) is 5.75 Å². The van der Waals surface area contributed by atoms with E-state index in [2.05, 4.69) is 15.5 Å². The maximum atomic E-state index is 12.3. The minimum absolute atomic E-state index is 0.0628. The molecule has 1 fully saturated rings. The molecule has 0 bridgehead atoms. The van der Waals surface area contributed by atoms with Crippen molar-refractivity contribution in [1.82, 2.24) is 15.5 Å². The molecule has 0 unspecified atom stereocenters. The summed E-state index contributed by atoms with van der Waals surface area (Å²) in [6, 6.07) is 9.47. The van der Waals surface area contributed by atoms with Gasteiger partial charge in [-0.05, 0) is 18.4 Å². The van der Waals surface area contributed by atoms with Crippen LogP contribution in [0.4, 0.5) is 0 Å². The van der Waals surface area contributed by atoms with E-state index in [0.29, 0.717) is 6.42 Å². The predicted molar refractivity (Wildman–Crippen MR) is 90.6 cm³/mol. The second-order valence-electron chi connectivity index (χ2n) is 6.29. The van der Waals surface area contributed by atoms with Crippen LogP contribution < -0.4 is 5.32 Å². The number of amides is 1. The third kappa shape index (κ3) is 4.88. The summed E-state index contributed by atoms with van der Waals surface area (Å²) in [5, 5.41) is 9.65. The second-order valence-corrected chi connectivity index (χ2v) is 8.15. The summed E-state index contributed by atoms with van der Waals surface area (Å²) in [5.41, 5.74) is 0.935. The van der Waals surface area contributed by atoms with Crippen molar-refractivity contribution in [3.05, 3.63) is 41.8 Å². The summed E-state index contributed by atoms with van der Waals surface area (Å²) in [7, 11) is -3.93. The first-order valence-corrected chi connectivity index (χ1v) is 10.1. The Bertz CT molecular complexity index is 811. The van der Waals surface area contributed by atoms with Crippen LogP contribution in [0.3, 0.4) is 0 Å². The monoisotopic (exact) mass is 363 g/mol. The Morgan fingerprint density at radius 1 is 1.12 bits per heavy atom. The summed E-state index contributed by atoms with van der Waals surface area (Å²) in [4.78, 5) is 12.0. The van der Waals surface area contributed by atoms with Gasteiger partial charge in [0, 0.05) is 6.04 Å². The van der Waals surface area contributed by atoms with Crippen LogP contribution in [0, 0.1) is 0 Å². The molecule has 134 valence electrons. The average molecular weight is 363 g/mol. The molecular weight excluding hydrogens is 342 g/mol. The smallest absolute Gasteiger partial charge is 0.336 e. The maximum absolute atomic E-state index is 12.3. The lowest BCUT2D eigenvalue weighted by Crippen LogP contribution is -2.39. The van der Waals surface area contributed by atoms with Crippen molar-refractivity contribution in [2.24, 2.45) is 0 Å². The molecule has 0 saturated heterocycles. The minimum atomic E-state index is -3.93. The molecule has 7 nitrogen and oxygen atoms in total. The van der Waals surface area contributed by atoms with E-state index < -0.39 is 26.7 Å². The number of hydrogen-bond acceptors (Lipinski definition) is 6. The van der Waals surface area contributed by atoms with Crippen molar-refractivity contribution >= 4 is 15.7 Å². The summed E-state index contributed by atoms with van der Waals surface area (Å²) in [6.07, 6.45) is 5.42. The first kappa shape index (κ1) is 17.6. The van der Waals surface area contributed by atoms with E-state index >= 15 is 0 Å². The lowest BCUT2D eigenvalue weighted by molar-refractivity contribution is -0.119. The lowest BCUT2D eigenvalue weighted by atomic mass is 9.95. The van der Waals surface area contributed by atoms with Gasteiger partial charge in [-0.1, -0.05) is 54.7 Å². The number of hydrogen-bond donors (Lipinski definition) is 1. The third-order valence-corrected chi connectivity index (χ3v) is 5.54. The normalized spacial score (nSPS) is 15.8. The second kappa shape index (κ2) is 7.77. The zero-order valence-corrected chi connectivity index (χ0v) is 14.7. The number of aromatic nitrogens is 2. The summed E-state index contributed by atoms with van der Waals surface area (Å²) >= 11 is 0. The molecule has 1 aliphatic carbocycles. The molecule has 1 heterocycles. The topological polar surface area (TPSA) is 102 Å². The quantitative estimate of drug-likeness (QED) is 0.841. The number of carbonyl (C=O) groups excluding carboxylic acids is 1. The third-order valence-electron chi connectivity index (χ3n) is 4.20. The van der Waals surface area contributed by atoms with Crippen molar-refractivity contribution in [3.63, 3.8) is 0 Å². The fourth-order valence-corrected chi connectivity index (χ4v) is 3.90. The molecule has 1 aromatic carbocycles. The molecular formula is C17H21N3O4S. The summed E-state index contributed by atoms with van der Waals surface area (Å²) in [6.45, 7) is 0. The lowest BCUT2D eigenvalue weighted by Gasteiger charge is -2.22. The van der Waals surface area contributed by atoms with Gasteiger partial charge in [0.05, 0.1) is 6.42 Å².